The van der Waals surface area contributed by atoms with Crippen molar-refractivity contribution in [3.63, 3.8) is 0 Å². The largest absolute Gasteiger partial charge is 0.416 e. The van der Waals surface area contributed by atoms with E-state index in [1.165, 1.54) is 17.7 Å². The molecule has 0 atom stereocenters. The molecule has 0 N–H and O–H groups in total. The molecular formula is C20H14BrF3. The smallest absolute Gasteiger partial charge is 0.166 e. The highest BCUT2D eigenvalue weighted by atomic mass is 79.9. The van der Waals surface area contributed by atoms with Gasteiger partial charge >= 0.3 is 6.18 Å². The van der Waals surface area contributed by atoms with Crippen molar-refractivity contribution in [3.8, 4) is 11.1 Å². The summed E-state index contributed by atoms with van der Waals surface area (Å²) in [6.45, 7) is 0. The van der Waals surface area contributed by atoms with Gasteiger partial charge in [-0.15, -0.1) is 0 Å². The van der Waals surface area contributed by atoms with E-state index in [0.29, 0.717) is 5.56 Å². The van der Waals surface area contributed by atoms with Crippen molar-refractivity contribution >= 4 is 15.9 Å². The van der Waals surface area contributed by atoms with Gasteiger partial charge in [0.05, 0.1) is 5.56 Å². The minimum absolute atomic E-state index is 0.569. The van der Waals surface area contributed by atoms with Crippen molar-refractivity contribution in [3.05, 3.63) is 94.0 Å². The van der Waals surface area contributed by atoms with Crippen LogP contribution in [0.25, 0.3) is 11.1 Å². The van der Waals surface area contributed by atoms with Crippen LogP contribution in [0.5, 0.6) is 0 Å². The lowest BCUT2D eigenvalue weighted by Gasteiger charge is -2.09. The maximum absolute atomic E-state index is 12.8. The third kappa shape index (κ3) is 4.06. The van der Waals surface area contributed by atoms with E-state index in [9.17, 15) is 13.2 Å². The molecule has 0 nitrogen and oxygen atoms in total. The van der Waals surface area contributed by atoms with Gasteiger partial charge in [-0.1, -0.05) is 64.5 Å². The Hall–Kier alpha value is -2.07. The summed E-state index contributed by atoms with van der Waals surface area (Å²) < 4.78 is 39.5. The molecular weight excluding hydrogens is 377 g/mol. The van der Waals surface area contributed by atoms with Crippen molar-refractivity contribution in [1.82, 2.24) is 0 Å². The topological polar surface area (TPSA) is 0 Å². The molecule has 0 unspecified atom stereocenters. The Morgan fingerprint density at radius 1 is 0.708 bits per heavy atom. The standard InChI is InChI=1S/C20H14BrF3/c21-19-10-6-15(7-11-19)12-14-4-8-16(9-5-14)17-2-1-3-18(13-17)20(22,23)24/h1-11,13H,12H2. The molecule has 3 rings (SSSR count). The van der Waals surface area contributed by atoms with Gasteiger partial charge in [-0.2, -0.15) is 13.2 Å². The molecule has 0 aliphatic carbocycles. The fraction of sp³-hybridized carbons (Fsp3) is 0.100. The minimum Gasteiger partial charge on any atom is -0.166 e. The van der Waals surface area contributed by atoms with Gasteiger partial charge in [0.2, 0.25) is 0 Å². The average Bonchev–Trinajstić information content (AvgIpc) is 2.57. The third-order valence-corrected chi connectivity index (χ3v) is 4.33. The number of alkyl halides is 3. The zero-order valence-electron chi connectivity index (χ0n) is 12.6. The monoisotopic (exact) mass is 390 g/mol. The predicted octanol–water partition coefficient (Wildman–Crippen LogP) is 6.73. The summed E-state index contributed by atoms with van der Waals surface area (Å²) in [6.07, 6.45) is -3.53. The molecule has 0 bridgehead atoms. The number of benzene rings is 3. The van der Waals surface area contributed by atoms with E-state index in [0.717, 1.165) is 28.1 Å². The van der Waals surface area contributed by atoms with E-state index in [1.54, 1.807) is 6.07 Å². The molecule has 0 saturated heterocycles. The maximum Gasteiger partial charge on any atom is 0.416 e. The Morgan fingerprint density at radius 2 is 1.29 bits per heavy atom. The van der Waals surface area contributed by atoms with Crippen molar-refractivity contribution < 1.29 is 13.2 Å². The minimum atomic E-state index is -4.32. The van der Waals surface area contributed by atoms with Gasteiger partial charge in [0, 0.05) is 4.47 Å². The number of hydrogen-bond acceptors (Lipinski definition) is 0. The summed E-state index contributed by atoms with van der Waals surface area (Å²) in [5.41, 5.74) is 3.03. The summed E-state index contributed by atoms with van der Waals surface area (Å²) in [5, 5.41) is 0. The van der Waals surface area contributed by atoms with Crippen LogP contribution < -0.4 is 0 Å². The lowest BCUT2D eigenvalue weighted by molar-refractivity contribution is -0.137. The summed E-state index contributed by atoms with van der Waals surface area (Å²) >= 11 is 3.41. The lowest BCUT2D eigenvalue weighted by atomic mass is 9.99. The Balaban J connectivity index is 1.80. The first kappa shape index (κ1) is 16.8. The molecule has 0 saturated carbocycles. The molecule has 24 heavy (non-hydrogen) atoms. The average molecular weight is 391 g/mol. The first-order chi connectivity index (χ1) is 11.4. The first-order valence-electron chi connectivity index (χ1n) is 7.43. The van der Waals surface area contributed by atoms with Gasteiger partial charge < -0.3 is 0 Å². The molecule has 0 radical (unpaired) electrons. The van der Waals surface area contributed by atoms with Crippen LogP contribution in [0, 0.1) is 0 Å². The Morgan fingerprint density at radius 3 is 1.88 bits per heavy atom. The highest BCUT2D eigenvalue weighted by Gasteiger charge is 2.30. The second kappa shape index (κ2) is 6.81. The van der Waals surface area contributed by atoms with Gasteiger partial charge in [-0.25, -0.2) is 0 Å². The zero-order valence-corrected chi connectivity index (χ0v) is 14.2. The fourth-order valence-electron chi connectivity index (χ4n) is 2.53. The molecule has 0 amide bonds. The van der Waals surface area contributed by atoms with Gasteiger partial charge in [-0.05, 0) is 52.9 Å². The predicted molar refractivity (Wildman–Crippen MR) is 93.8 cm³/mol. The van der Waals surface area contributed by atoms with Gasteiger partial charge in [-0.3, -0.25) is 0 Å². The molecule has 4 heteroatoms. The second-order valence-electron chi connectivity index (χ2n) is 5.58. The molecule has 0 aliphatic rings. The Bertz CT molecular complexity index is 819. The van der Waals surface area contributed by atoms with Crippen LogP contribution in [0.4, 0.5) is 13.2 Å². The van der Waals surface area contributed by atoms with E-state index in [1.807, 2.05) is 48.5 Å². The number of halogens is 4. The summed E-state index contributed by atoms with van der Waals surface area (Å²) in [4.78, 5) is 0. The summed E-state index contributed by atoms with van der Waals surface area (Å²) in [7, 11) is 0. The van der Waals surface area contributed by atoms with Crippen molar-refractivity contribution in [1.29, 1.82) is 0 Å². The second-order valence-corrected chi connectivity index (χ2v) is 6.49. The van der Waals surface area contributed by atoms with Crippen LogP contribution >= 0.6 is 15.9 Å². The number of hydrogen-bond donors (Lipinski definition) is 0. The van der Waals surface area contributed by atoms with Crippen LogP contribution in [-0.2, 0) is 12.6 Å². The highest BCUT2D eigenvalue weighted by Crippen LogP contribution is 2.32. The molecule has 0 aliphatic heterocycles. The van der Waals surface area contributed by atoms with Crippen LogP contribution in [-0.4, -0.2) is 0 Å². The molecule has 0 heterocycles. The Labute approximate surface area is 147 Å². The van der Waals surface area contributed by atoms with Crippen molar-refractivity contribution in [2.24, 2.45) is 0 Å². The van der Waals surface area contributed by atoms with Crippen LogP contribution in [0.1, 0.15) is 16.7 Å². The van der Waals surface area contributed by atoms with E-state index in [2.05, 4.69) is 15.9 Å². The van der Waals surface area contributed by atoms with E-state index in [-0.39, 0.29) is 0 Å². The third-order valence-electron chi connectivity index (χ3n) is 3.80. The van der Waals surface area contributed by atoms with Crippen LogP contribution in [0.15, 0.2) is 77.3 Å². The molecule has 3 aromatic rings. The SMILES string of the molecule is FC(F)(F)c1cccc(-c2ccc(Cc3ccc(Br)cc3)cc2)c1. The Kier molecular flexibility index (Phi) is 4.76. The molecule has 0 fully saturated rings. The van der Waals surface area contributed by atoms with Crippen LogP contribution in [0.3, 0.4) is 0 Å². The van der Waals surface area contributed by atoms with E-state index >= 15 is 0 Å². The van der Waals surface area contributed by atoms with Crippen molar-refractivity contribution in [2.75, 3.05) is 0 Å². The van der Waals surface area contributed by atoms with Gasteiger partial charge in [0.25, 0.3) is 0 Å². The molecule has 3 aromatic carbocycles. The number of rotatable bonds is 3. The molecule has 0 aromatic heterocycles. The van der Waals surface area contributed by atoms with Crippen molar-refractivity contribution in [2.45, 2.75) is 12.6 Å². The quantitative estimate of drug-likeness (QED) is 0.465. The molecule has 122 valence electrons. The highest BCUT2D eigenvalue weighted by molar-refractivity contribution is 9.10. The van der Waals surface area contributed by atoms with Gasteiger partial charge in [0.1, 0.15) is 0 Å². The lowest BCUT2D eigenvalue weighted by Crippen LogP contribution is -2.04. The van der Waals surface area contributed by atoms with Crippen LogP contribution in [0.2, 0.25) is 0 Å². The summed E-state index contributed by atoms with van der Waals surface area (Å²) in [5.74, 6) is 0. The summed E-state index contributed by atoms with van der Waals surface area (Å²) in [6, 6.07) is 21.1. The normalized spacial score (nSPS) is 11.5. The van der Waals surface area contributed by atoms with E-state index < -0.39 is 11.7 Å². The maximum atomic E-state index is 12.8. The van der Waals surface area contributed by atoms with E-state index in [4.69, 9.17) is 0 Å². The first-order valence-corrected chi connectivity index (χ1v) is 8.22. The van der Waals surface area contributed by atoms with Gasteiger partial charge in [0.15, 0.2) is 0 Å². The fourth-order valence-corrected chi connectivity index (χ4v) is 2.79. The molecule has 0 spiro atoms. The zero-order chi connectivity index (χ0) is 17.2.